The summed E-state index contributed by atoms with van der Waals surface area (Å²) in [5.41, 5.74) is 0.129. The fourth-order valence-electron chi connectivity index (χ4n) is 2.49. The van der Waals surface area contributed by atoms with Gasteiger partial charge in [-0.05, 0) is 19.3 Å². The number of hydrogen-bond acceptors (Lipinski definition) is 5. The average molecular weight is 324 g/mol. The molecule has 0 saturated heterocycles. The summed E-state index contributed by atoms with van der Waals surface area (Å²) in [5, 5.41) is 0. The minimum atomic E-state index is -0.539. The molecule has 23 heavy (non-hydrogen) atoms. The number of oxazole rings is 1. The summed E-state index contributed by atoms with van der Waals surface area (Å²) in [7, 11) is 1.29. The number of rotatable bonds is 10. The number of unbranched alkanes of at least 4 members (excludes halogenated alkanes) is 1. The summed E-state index contributed by atoms with van der Waals surface area (Å²) in [6.45, 7) is 7.14. The first kappa shape index (κ1) is 19.2. The van der Waals surface area contributed by atoms with Gasteiger partial charge in [0.2, 0.25) is 11.8 Å². The van der Waals surface area contributed by atoms with E-state index in [1.54, 1.807) is 4.90 Å². The van der Waals surface area contributed by atoms with E-state index < -0.39 is 5.97 Å². The summed E-state index contributed by atoms with van der Waals surface area (Å²) >= 11 is 0. The Bertz CT molecular complexity index is 499. The molecule has 1 rings (SSSR count). The van der Waals surface area contributed by atoms with Crippen molar-refractivity contribution in [2.75, 3.05) is 13.7 Å². The number of esters is 1. The van der Waals surface area contributed by atoms with E-state index in [-0.39, 0.29) is 24.1 Å². The minimum absolute atomic E-state index is 0.0385. The van der Waals surface area contributed by atoms with Gasteiger partial charge in [-0.3, -0.25) is 4.79 Å². The van der Waals surface area contributed by atoms with Crippen LogP contribution in [0.1, 0.15) is 69.3 Å². The van der Waals surface area contributed by atoms with Crippen LogP contribution in [0.5, 0.6) is 0 Å². The number of carbonyl (C=O) groups excluding carboxylic acids is 2. The Morgan fingerprint density at radius 1 is 1.30 bits per heavy atom. The molecule has 0 N–H and O–H groups in total. The molecule has 0 spiro atoms. The molecule has 0 aliphatic heterocycles. The molecular weight excluding hydrogens is 296 g/mol. The summed E-state index contributed by atoms with van der Waals surface area (Å²) in [5.74, 6) is -0.00236. The second-order valence-electron chi connectivity index (χ2n) is 5.63. The lowest BCUT2D eigenvalue weighted by Gasteiger charge is -2.25. The van der Waals surface area contributed by atoms with Gasteiger partial charge in [0.15, 0.2) is 5.69 Å². The largest absolute Gasteiger partial charge is 0.464 e. The summed E-state index contributed by atoms with van der Waals surface area (Å²) in [6.07, 6.45) is 6.00. The molecule has 1 atom stereocenters. The Hall–Kier alpha value is -1.85. The van der Waals surface area contributed by atoms with Crippen LogP contribution in [0.4, 0.5) is 0 Å². The van der Waals surface area contributed by atoms with Crippen LogP contribution in [0.3, 0.4) is 0 Å². The van der Waals surface area contributed by atoms with Gasteiger partial charge in [0.1, 0.15) is 6.26 Å². The van der Waals surface area contributed by atoms with Crippen LogP contribution >= 0.6 is 0 Å². The van der Waals surface area contributed by atoms with Crippen molar-refractivity contribution in [2.45, 2.75) is 59.4 Å². The van der Waals surface area contributed by atoms with Crippen molar-refractivity contribution in [1.82, 2.24) is 9.88 Å². The first-order chi connectivity index (χ1) is 11.1. The van der Waals surface area contributed by atoms with Crippen LogP contribution in [0.15, 0.2) is 10.7 Å². The highest BCUT2D eigenvalue weighted by molar-refractivity contribution is 5.86. The maximum Gasteiger partial charge on any atom is 0.360 e. The second kappa shape index (κ2) is 10.0. The van der Waals surface area contributed by atoms with Crippen LogP contribution < -0.4 is 0 Å². The lowest BCUT2D eigenvalue weighted by Crippen LogP contribution is -2.36. The molecule has 1 aromatic heterocycles. The minimum Gasteiger partial charge on any atom is -0.464 e. The number of methoxy groups -OCH3 is 1. The van der Waals surface area contributed by atoms with E-state index in [0.717, 1.165) is 32.1 Å². The number of carbonyl (C=O) groups is 2. The highest BCUT2D eigenvalue weighted by atomic mass is 16.5. The Morgan fingerprint density at radius 3 is 2.61 bits per heavy atom. The summed E-state index contributed by atoms with van der Waals surface area (Å²) in [6, 6.07) is 0. The van der Waals surface area contributed by atoms with Gasteiger partial charge in [0.25, 0.3) is 0 Å². The zero-order valence-electron chi connectivity index (χ0n) is 14.6. The Labute approximate surface area is 138 Å². The van der Waals surface area contributed by atoms with Crippen molar-refractivity contribution in [3.05, 3.63) is 17.8 Å². The zero-order valence-corrected chi connectivity index (χ0v) is 14.6. The fourth-order valence-corrected chi connectivity index (χ4v) is 2.49. The molecular formula is C17H28N2O4. The van der Waals surface area contributed by atoms with E-state index in [1.165, 1.54) is 13.4 Å². The van der Waals surface area contributed by atoms with Gasteiger partial charge in [-0.25, -0.2) is 9.78 Å². The van der Waals surface area contributed by atoms with Crippen LogP contribution in [-0.2, 0) is 16.1 Å². The number of hydrogen-bond donors (Lipinski definition) is 0. The molecule has 1 amide bonds. The molecule has 0 aliphatic carbocycles. The van der Waals surface area contributed by atoms with Gasteiger partial charge in [-0.15, -0.1) is 0 Å². The van der Waals surface area contributed by atoms with Crippen LogP contribution in [0, 0.1) is 5.92 Å². The Morgan fingerprint density at radius 2 is 2.04 bits per heavy atom. The third-order valence-electron chi connectivity index (χ3n) is 3.83. The summed E-state index contributed by atoms with van der Waals surface area (Å²) in [4.78, 5) is 30.0. The molecule has 130 valence electrons. The number of ether oxygens (including phenoxy) is 1. The number of nitrogens with zero attached hydrogens (tertiary/aromatic N) is 2. The van der Waals surface area contributed by atoms with Crippen LogP contribution in [0.25, 0.3) is 0 Å². The fraction of sp³-hybridized carbons (Fsp3) is 0.706. The topological polar surface area (TPSA) is 72.6 Å². The smallest absolute Gasteiger partial charge is 0.360 e. The lowest BCUT2D eigenvalue weighted by molar-refractivity contribution is -0.137. The standard InChI is InChI=1S/C17H28N2O4/c1-5-8-9-13(7-3)16(20)19(10-6-2)11-15-18-14(12-23-15)17(21)22-4/h12-13H,5-11H2,1-4H3/t13-/m1/s1. The van der Waals surface area contributed by atoms with Crippen LogP contribution in [0.2, 0.25) is 0 Å². The van der Waals surface area contributed by atoms with E-state index in [0.29, 0.717) is 12.4 Å². The van der Waals surface area contributed by atoms with E-state index in [2.05, 4.69) is 16.6 Å². The molecule has 1 aromatic rings. The third-order valence-corrected chi connectivity index (χ3v) is 3.83. The molecule has 6 nitrogen and oxygen atoms in total. The van der Waals surface area contributed by atoms with E-state index in [4.69, 9.17) is 4.42 Å². The van der Waals surface area contributed by atoms with E-state index in [9.17, 15) is 9.59 Å². The molecule has 1 heterocycles. The van der Waals surface area contributed by atoms with Crippen molar-refractivity contribution in [3.63, 3.8) is 0 Å². The van der Waals surface area contributed by atoms with Gasteiger partial charge in [-0.1, -0.05) is 33.6 Å². The molecule has 0 saturated carbocycles. The second-order valence-corrected chi connectivity index (χ2v) is 5.63. The van der Waals surface area contributed by atoms with Crippen molar-refractivity contribution in [3.8, 4) is 0 Å². The molecule has 0 fully saturated rings. The van der Waals surface area contributed by atoms with Crippen molar-refractivity contribution < 1.29 is 18.7 Å². The normalized spacial score (nSPS) is 12.0. The zero-order chi connectivity index (χ0) is 17.2. The maximum absolute atomic E-state index is 12.7. The maximum atomic E-state index is 12.7. The van der Waals surface area contributed by atoms with Crippen LogP contribution in [-0.4, -0.2) is 35.4 Å². The molecule has 0 bridgehead atoms. The predicted octanol–water partition coefficient (Wildman–Crippen LogP) is 3.42. The van der Waals surface area contributed by atoms with Crippen molar-refractivity contribution >= 4 is 11.9 Å². The highest BCUT2D eigenvalue weighted by Gasteiger charge is 2.24. The molecule has 0 radical (unpaired) electrons. The van der Waals surface area contributed by atoms with Gasteiger partial charge in [0.05, 0.1) is 13.7 Å². The third kappa shape index (κ3) is 5.69. The first-order valence-electron chi connectivity index (χ1n) is 8.38. The molecule has 6 heteroatoms. The summed E-state index contributed by atoms with van der Waals surface area (Å²) < 4.78 is 9.91. The van der Waals surface area contributed by atoms with Gasteiger partial charge >= 0.3 is 5.97 Å². The average Bonchev–Trinajstić information content (AvgIpc) is 3.02. The number of amides is 1. The Balaban J connectivity index is 2.78. The van der Waals surface area contributed by atoms with E-state index >= 15 is 0 Å². The number of aromatic nitrogens is 1. The SMILES string of the molecule is CCCC[C@@H](CC)C(=O)N(CCC)Cc1nc(C(=O)OC)co1. The molecule has 0 aliphatic rings. The molecule has 0 aromatic carbocycles. The first-order valence-corrected chi connectivity index (χ1v) is 8.38. The van der Waals surface area contributed by atoms with Crippen molar-refractivity contribution in [2.24, 2.45) is 5.92 Å². The van der Waals surface area contributed by atoms with Crippen molar-refractivity contribution in [1.29, 1.82) is 0 Å². The lowest BCUT2D eigenvalue weighted by atomic mass is 9.97. The monoisotopic (exact) mass is 324 g/mol. The van der Waals surface area contributed by atoms with Gasteiger partial charge < -0.3 is 14.1 Å². The molecule has 0 unspecified atom stereocenters. The van der Waals surface area contributed by atoms with Gasteiger partial charge in [-0.2, -0.15) is 0 Å². The quantitative estimate of drug-likeness (QED) is 0.617. The predicted molar refractivity (Wildman–Crippen MR) is 86.9 cm³/mol. The van der Waals surface area contributed by atoms with E-state index in [1.807, 2.05) is 13.8 Å². The van der Waals surface area contributed by atoms with Gasteiger partial charge in [0, 0.05) is 12.5 Å². The Kier molecular flexibility index (Phi) is 8.37. The highest BCUT2D eigenvalue weighted by Crippen LogP contribution is 2.18.